The van der Waals surface area contributed by atoms with E-state index >= 15 is 0 Å². The van der Waals surface area contributed by atoms with Gasteiger partial charge >= 0.3 is 0 Å². The van der Waals surface area contributed by atoms with Crippen molar-refractivity contribution in [3.63, 3.8) is 0 Å². The van der Waals surface area contributed by atoms with Gasteiger partial charge in [-0.05, 0) is 23.8 Å². The predicted octanol–water partition coefficient (Wildman–Crippen LogP) is 0.847. The van der Waals surface area contributed by atoms with Gasteiger partial charge in [0.1, 0.15) is 11.5 Å². The number of amides is 3. The SMILES string of the molecule is NC(=O)c1ccc(C(=O)N2CCN(C(=O)Cc3ccccc3F)CC2)nc1. The highest BCUT2D eigenvalue weighted by Gasteiger charge is 2.26. The summed E-state index contributed by atoms with van der Waals surface area (Å²) in [6.07, 6.45) is 1.26. The molecule has 1 aromatic carbocycles. The minimum atomic E-state index is -0.608. The molecule has 27 heavy (non-hydrogen) atoms. The van der Waals surface area contributed by atoms with Crippen LogP contribution in [0.3, 0.4) is 0 Å². The van der Waals surface area contributed by atoms with E-state index in [4.69, 9.17) is 5.73 Å². The highest BCUT2D eigenvalue weighted by atomic mass is 19.1. The van der Waals surface area contributed by atoms with E-state index in [1.807, 2.05) is 0 Å². The van der Waals surface area contributed by atoms with Crippen LogP contribution in [0.5, 0.6) is 0 Å². The molecule has 0 saturated carbocycles. The van der Waals surface area contributed by atoms with Gasteiger partial charge in [-0.15, -0.1) is 0 Å². The molecule has 2 aromatic rings. The van der Waals surface area contributed by atoms with Crippen LogP contribution in [0.1, 0.15) is 26.4 Å². The third-order valence-electron chi connectivity index (χ3n) is 4.49. The molecule has 2 heterocycles. The van der Waals surface area contributed by atoms with E-state index in [9.17, 15) is 18.8 Å². The van der Waals surface area contributed by atoms with Crippen LogP contribution in [-0.2, 0) is 11.2 Å². The Labute approximate surface area is 155 Å². The van der Waals surface area contributed by atoms with E-state index in [2.05, 4.69) is 4.98 Å². The fourth-order valence-electron chi connectivity index (χ4n) is 2.90. The van der Waals surface area contributed by atoms with Crippen LogP contribution < -0.4 is 5.73 Å². The molecule has 1 saturated heterocycles. The summed E-state index contributed by atoms with van der Waals surface area (Å²) in [5.41, 5.74) is 5.96. The number of hydrogen-bond acceptors (Lipinski definition) is 4. The number of primary amides is 1. The molecule has 1 aliphatic heterocycles. The number of aromatic nitrogens is 1. The Morgan fingerprint density at radius 3 is 2.26 bits per heavy atom. The molecular formula is C19H19FN4O3. The number of nitrogens with two attached hydrogens (primary N) is 1. The van der Waals surface area contributed by atoms with Gasteiger partial charge in [0.25, 0.3) is 5.91 Å². The van der Waals surface area contributed by atoms with E-state index in [0.717, 1.165) is 0 Å². The Kier molecular flexibility index (Phi) is 5.44. The molecule has 0 unspecified atom stereocenters. The quantitative estimate of drug-likeness (QED) is 0.863. The highest BCUT2D eigenvalue weighted by Crippen LogP contribution is 2.12. The van der Waals surface area contributed by atoms with E-state index in [1.54, 1.807) is 28.0 Å². The maximum Gasteiger partial charge on any atom is 0.272 e. The molecule has 3 amide bonds. The van der Waals surface area contributed by atoms with Crippen LogP contribution in [-0.4, -0.2) is 58.7 Å². The van der Waals surface area contributed by atoms with Crippen molar-refractivity contribution in [2.24, 2.45) is 5.73 Å². The van der Waals surface area contributed by atoms with E-state index in [1.165, 1.54) is 24.4 Å². The Hall–Kier alpha value is -3.29. The Morgan fingerprint density at radius 2 is 1.67 bits per heavy atom. The maximum absolute atomic E-state index is 13.7. The molecule has 2 N–H and O–H groups in total. The smallest absolute Gasteiger partial charge is 0.272 e. The number of carbonyl (C=O) groups excluding carboxylic acids is 3. The van der Waals surface area contributed by atoms with Crippen molar-refractivity contribution in [1.29, 1.82) is 0 Å². The van der Waals surface area contributed by atoms with Crippen LogP contribution >= 0.6 is 0 Å². The Bertz CT molecular complexity index is 862. The van der Waals surface area contributed by atoms with Gasteiger partial charge in [0.15, 0.2) is 0 Å². The molecule has 140 valence electrons. The topological polar surface area (TPSA) is 96.6 Å². The first-order chi connectivity index (χ1) is 13.0. The number of rotatable bonds is 4. The standard InChI is InChI=1S/C19H19FN4O3/c20-15-4-2-1-3-13(15)11-17(25)23-7-9-24(10-8-23)19(27)16-6-5-14(12-22-16)18(21)26/h1-6,12H,7-11H2,(H2,21,26). The van der Waals surface area contributed by atoms with Crippen molar-refractivity contribution in [1.82, 2.24) is 14.8 Å². The number of carbonyl (C=O) groups is 3. The summed E-state index contributed by atoms with van der Waals surface area (Å²) in [6, 6.07) is 9.11. The van der Waals surface area contributed by atoms with Crippen LogP contribution in [0.25, 0.3) is 0 Å². The summed E-state index contributed by atoms with van der Waals surface area (Å²) in [5, 5.41) is 0. The minimum Gasteiger partial charge on any atom is -0.366 e. The van der Waals surface area contributed by atoms with Crippen molar-refractivity contribution in [2.45, 2.75) is 6.42 Å². The first-order valence-corrected chi connectivity index (χ1v) is 8.52. The second-order valence-electron chi connectivity index (χ2n) is 6.24. The molecule has 0 bridgehead atoms. The second kappa shape index (κ2) is 7.94. The summed E-state index contributed by atoms with van der Waals surface area (Å²) in [4.78, 5) is 43.1. The summed E-state index contributed by atoms with van der Waals surface area (Å²) in [6.45, 7) is 1.47. The lowest BCUT2D eigenvalue weighted by atomic mass is 10.1. The first-order valence-electron chi connectivity index (χ1n) is 8.52. The normalized spacial score (nSPS) is 14.1. The molecular weight excluding hydrogens is 351 g/mol. The minimum absolute atomic E-state index is 0.00322. The van der Waals surface area contributed by atoms with E-state index in [-0.39, 0.29) is 29.5 Å². The third kappa shape index (κ3) is 4.28. The van der Waals surface area contributed by atoms with Crippen molar-refractivity contribution in [3.05, 3.63) is 65.2 Å². The zero-order valence-corrected chi connectivity index (χ0v) is 14.6. The number of pyridine rings is 1. The number of benzene rings is 1. The molecule has 0 radical (unpaired) electrons. The molecule has 3 rings (SSSR count). The molecule has 0 spiro atoms. The number of hydrogen-bond donors (Lipinski definition) is 1. The van der Waals surface area contributed by atoms with Crippen molar-refractivity contribution >= 4 is 17.7 Å². The lowest BCUT2D eigenvalue weighted by Crippen LogP contribution is -2.51. The van der Waals surface area contributed by atoms with Gasteiger partial charge in [0.05, 0.1) is 12.0 Å². The van der Waals surface area contributed by atoms with E-state index < -0.39 is 11.7 Å². The first kappa shape index (κ1) is 18.5. The fourth-order valence-corrected chi connectivity index (χ4v) is 2.90. The monoisotopic (exact) mass is 370 g/mol. The molecule has 8 heteroatoms. The van der Waals surface area contributed by atoms with Gasteiger partial charge in [-0.2, -0.15) is 0 Å². The maximum atomic E-state index is 13.7. The molecule has 7 nitrogen and oxygen atoms in total. The average Bonchev–Trinajstić information content (AvgIpc) is 2.69. The highest BCUT2D eigenvalue weighted by molar-refractivity contribution is 5.95. The van der Waals surface area contributed by atoms with Gasteiger partial charge in [-0.3, -0.25) is 19.4 Å². The van der Waals surface area contributed by atoms with Crippen LogP contribution in [0.4, 0.5) is 4.39 Å². The third-order valence-corrected chi connectivity index (χ3v) is 4.49. The summed E-state index contributed by atoms with van der Waals surface area (Å²) < 4.78 is 13.7. The molecule has 1 aliphatic rings. The van der Waals surface area contributed by atoms with Crippen LogP contribution in [0, 0.1) is 5.82 Å². The van der Waals surface area contributed by atoms with Gasteiger partial charge in [-0.25, -0.2) is 4.39 Å². The zero-order valence-electron chi connectivity index (χ0n) is 14.6. The van der Waals surface area contributed by atoms with Crippen LogP contribution in [0.2, 0.25) is 0 Å². The van der Waals surface area contributed by atoms with Gasteiger partial charge in [-0.1, -0.05) is 18.2 Å². The molecule has 0 atom stereocenters. The number of halogens is 1. The largest absolute Gasteiger partial charge is 0.366 e. The molecule has 1 aromatic heterocycles. The summed E-state index contributed by atoms with van der Waals surface area (Å²) in [5.74, 6) is -1.45. The fraction of sp³-hybridized carbons (Fsp3) is 0.263. The zero-order chi connectivity index (χ0) is 19.4. The Balaban J connectivity index is 1.56. The van der Waals surface area contributed by atoms with Crippen LogP contribution in [0.15, 0.2) is 42.6 Å². The number of piperazine rings is 1. The summed E-state index contributed by atoms with van der Waals surface area (Å²) in [7, 11) is 0. The predicted molar refractivity (Wildman–Crippen MR) is 95.3 cm³/mol. The average molecular weight is 370 g/mol. The van der Waals surface area contributed by atoms with Crippen molar-refractivity contribution in [3.8, 4) is 0 Å². The van der Waals surface area contributed by atoms with Gasteiger partial charge in [0, 0.05) is 32.4 Å². The van der Waals surface area contributed by atoms with Crippen molar-refractivity contribution in [2.75, 3.05) is 26.2 Å². The lowest BCUT2D eigenvalue weighted by Gasteiger charge is -2.34. The second-order valence-corrected chi connectivity index (χ2v) is 6.24. The lowest BCUT2D eigenvalue weighted by molar-refractivity contribution is -0.132. The van der Waals surface area contributed by atoms with Crippen molar-refractivity contribution < 1.29 is 18.8 Å². The Morgan fingerprint density at radius 1 is 1.00 bits per heavy atom. The van der Waals surface area contributed by atoms with Gasteiger partial charge in [0.2, 0.25) is 11.8 Å². The number of nitrogens with zero attached hydrogens (tertiary/aromatic N) is 3. The van der Waals surface area contributed by atoms with Gasteiger partial charge < -0.3 is 15.5 Å². The molecule has 1 fully saturated rings. The summed E-state index contributed by atoms with van der Waals surface area (Å²) >= 11 is 0. The van der Waals surface area contributed by atoms with E-state index in [0.29, 0.717) is 31.7 Å². The molecule has 0 aliphatic carbocycles.